The van der Waals surface area contributed by atoms with Gasteiger partial charge in [-0.25, -0.2) is 9.37 Å². The lowest BCUT2D eigenvalue weighted by atomic mass is 9.85. The number of aliphatic hydroxyl groups excluding tert-OH is 1. The highest BCUT2D eigenvalue weighted by Crippen LogP contribution is 2.49. The van der Waals surface area contributed by atoms with Crippen molar-refractivity contribution in [2.24, 2.45) is 0 Å². The normalized spacial score (nSPS) is 19.9. The van der Waals surface area contributed by atoms with Gasteiger partial charge in [-0.2, -0.15) is 5.06 Å². The molecule has 3 heterocycles. The van der Waals surface area contributed by atoms with E-state index < -0.39 is 23.4 Å². The average Bonchev–Trinajstić information content (AvgIpc) is 3.47. The van der Waals surface area contributed by atoms with Gasteiger partial charge in [0.2, 0.25) is 0 Å². The number of carbonyl (C=O) groups excluding carboxylic acids is 1. The van der Waals surface area contributed by atoms with Crippen LogP contribution < -0.4 is 0 Å². The number of benzene rings is 2. The molecule has 1 aliphatic heterocycles. The standard InChI is InChI=1S/C30H27Cl2FN4O4/c1-18-14-36(17-35-18)15-26(38)30(33)27-24(28(39)37(30)41-16-29(40)10-11-29)9-8-23(19-2-4-20(31)5-3-19)25(27)12-22-7-6-21(32)13-34-22/h2-9,13-14,17,26,38,40H,10-12,15-16H2,1H3/t26?,30-/m1/s1. The van der Waals surface area contributed by atoms with E-state index in [-0.39, 0.29) is 30.7 Å². The van der Waals surface area contributed by atoms with Crippen LogP contribution in [0.1, 0.15) is 45.7 Å². The lowest BCUT2D eigenvalue weighted by molar-refractivity contribution is -0.271. The van der Waals surface area contributed by atoms with Gasteiger partial charge < -0.3 is 14.8 Å². The van der Waals surface area contributed by atoms with Crippen molar-refractivity contribution in [3.63, 3.8) is 0 Å². The summed E-state index contributed by atoms with van der Waals surface area (Å²) in [5, 5.41) is 23.6. The zero-order chi connectivity index (χ0) is 28.9. The Balaban J connectivity index is 1.53. The number of aryl methyl sites for hydroxylation is 1. The second-order valence-electron chi connectivity index (χ2n) is 10.7. The molecule has 2 aliphatic rings. The Bertz CT molecular complexity index is 1610. The number of alkyl halides is 1. The molecule has 0 saturated heterocycles. The molecule has 2 aromatic heterocycles. The molecule has 1 amide bonds. The van der Waals surface area contributed by atoms with Crippen LogP contribution >= 0.6 is 23.2 Å². The number of fused-ring (bicyclic) bond motifs is 1. The minimum absolute atomic E-state index is 0.0150. The number of pyridine rings is 1. The van der Waals surface area contributed by atoms with E-state index in [4.69, 9.17) is 28.0 Å². The first-order valence-corrected chi connectivity index (χ1v) is 13.9. The van der Waals surface area contributed by atoms with Crippen LogP contribution in [0.5, 0.6) is 0 Å². The summed E-state index contributed by atoms with van der Waals surface area (Å²) in [6, 6.07) is 13.8. The maximum absolute atomic E-state index is 17.8. The largest absolute Gasteiger partial charge is 0.387 e. The van der Waals surface area contributed by atoms with E-state index in [2.05, 4.69) is 9.97 Å². The van der Waals surface area contributed by atoms with E-state index in [1.807, 2.05) is 0 Å². The van der Waals surface area contributed by atoms with E-state index >= 15 is 4.39 Å². The molecule has 2 atom stereocenters. The first kappa shape index (κ1) is 27.8. The van der Waals surface area contributed by atoms with Crippen molar-refractivity contribution in [1.29, 1.82) is 0 Å². The van der Waals surface area contributed by atoms with Gasteiger partial charge in [0, 0.05) is 35.1 Å². The van der Waals surface area contributed by atoms with E-state index in [0.29, 0.717) is 50.5 Å². The smallest absolute Gasteiger partial charge is 0.281 e. The molecule has 1 aliphatic carbocycles. The van der Waals surface area contributed by atoms with Crippen molar-refractivity contribution in [3.05, 3.63) is 105 Å². The molecule has 41 heavy (non-hydrogen) atoms. The number of aliphatic hydroxyl groups is 2. The molecule has 212 valence electrons. The summed E-state index contributed by atoms with van der Waals surface area (Å²) in [5.74, 6) is -3.55. The molecule has 0 bridgehead atoms. The highest BCUT2D eigenvalue weighted by Gasteiger charge is 2.59. The Kier molecular flexibility index (Phi) is 7.12. The molecule has 2 N–H and O–H groups in total. The lowest BCUT2D eigenvalue weighted by Crippen LogP contribution is -2.51. The van der Waals surface area contributed by atoms with E-state index in [0.717, 1.165) is 5.56 Å². The van der Waals surface area contributed by atoms with Crippen LogP contribution in [0.2, 0.25) is 10.0 Å². The Morgan fingerprint density at radius 2 is 1.76 bits per heavy atom. The Labute approximate surface area is 245 Å². The monoisotopic (exact) mass is 596 g/mol. The minimum Gasteiger partial charge on any atom is -0.387 e. The zero-order valence-electron chi connectivity index (χ0n) is 22.1. The van der Waals surface area contributed by atoms with Gasteiger partial charge >= 0.3 is 0 Å². The number of nitrogens with zero attached hydrogens (tertiary/aromatic N) is 4. The molecule has 1 fully saturated rings. The predicted molar refractivity (Wildman–Crippen MR) is 151 cm³/mol. The van der Waals surface area contributed by atoms with Gasteiger partial charge in [0.05, 0.1) is 34.8 Å². The number of amides is 1. The zero-order valence-corrected chi connectivity index (χ0v) is 23.6. The fourth-order valence-electron chi connectivity index (χ4n) is 5.18. The number of imidazole rings is 1. The van der Waals surface area contributed by atoms with Crippen LogP contribution in [-0.4, -0.2) is 54.0 Å². The van der Waals surface area contributed by atoms with E-state index in [1.54, 1.807) is 60.2 Å². The van der Waals surface area contributed by atoms with Crippen molar-refractivity contribution in [1.82, 2.24) is 19.6 Å². The second-order valence-corrected chi connectivity index (χ2v) is 11.5. The SMILES string of the molecule is Cc1cn(CC(O)[C@]2(F)c3c(ccc(-c4ccc(Cl)cc4)c3Cc3ccc(Cl)cn3)C(=O)N2OCC2(O)CC2)cn1. The summed E-state index contributed by atoms with van der Waals surface area (Å²) in [6.45, 7) is 1.29. The molecule has 2 aromatic carbocycles. The van der Waals surface area contributed by atoms with Gasteiger partial charge in [0.15, 0.2) is 0 Å². The molecule has 0 radical (unpaired) electrons. The maximum atomic E-state index is 17.8. The number of hydroxylamine groups is 2. The van der Waals surface area contributed by atoms with Crippen LogP contribution in [0, 0.1) is 6.92 Å². The Morgan fingerprint density at radius 1 is 1.05 bits per heavy atom. The van der Waals surface area contributed by atoms with Crippen molar-refractivity contribution >= 4 is 29.1 Å². The minimum atomic E-state index is -2.81. The highest BCUT2D eigenvalue weighted by atomic mass is 35.5. The summed E-state index contributed by atoms with van der Waals surface area (Å²) in [4.78, 5) is 28.0. The van der Waals surface area contributed by atoms with Crippen LogP contribution in [0.3, 0.4) is 0 Å². The number of aromatic nitrogens is 3. The molecule has 6 rings (SSSR count). The number of rotatable bonds is 9. The second kappa shape index (κ2) is 10.5. The van der Waals surface area contributed by atoms with Gasteiger partial charge in [-0.05, 0) is 66.8 Å². The number of hydrogen-bond acceptors (Lipinski definition) is 6. The molecule has 11 heteroatoms. The topological polar surface area (TPSA) is 101 Å². The number of hydrogen-bond donors (Lipinski definition) is 2. The summed E-state index contributed by atoms with van der Waals surface area (Å²) in [5.41, 5.74) is 2.01. The van der Waals surface area contributed by atoms with Gasteiger partial charge in [0.25, 0.3) is 11.7 Å². The first-order chi connectivity index (χ1) is 19.6. The number of carbonyl (C=O) groups is 1. The Hall–Kier alpha value is -3.34. The van der Waals surface area contributed by atoms with E-state index in [9.17, 15) is 15.0 Å². The summed E-state index contributed by atoms with van der Waals surface area (Å²) in [6.07, 6.45) is 3.99. The number of halogens is 3. The highest BCUT2D eigenvalue weighted by molar-refractivity contribution is 6.30. The van der Waals surface area contributed by atoms with Crippen molar-refractivity contribution < 1.29 is 24.2 Å². The molecule has 8 nitrogen and oxygen atoms in total. The molecular formula is C30H27Cl2FN4O4. The third kappa shape index (κ3) is 5.24. The average molecular weight is 597 g/mol. The van der Waals surface area contributed by atoms with Crippen LogP contribution in [-0.2, 0) is 23.6 Å². The molecule has 0 spiro atoms. The summed E-state index contributed by atoms with van der Waals surface area (Å²) in [7, 11) is 0. The van der Waals surface area contributed by atoms with Crippen molar-refractivity contribution in [2.45, 2.75) is 50.2 Å². The van der Waals surface area contributed by atoms with Gasteiger partial charge in [0.1, 0.15) is 12.7 Å². The molecular weight excluding hydrogens is 570 g/mol. The fourth-order valence-corrected chi connectivity index (χ4v) is 5.42. The summed E-state index contributed by atoms with van der Waals surface area (Å²) < 4.78 is 19.4. The third-order valence-corrected chi connectivity index (χ3v) is 8.03. The molecule has 1 saturated carbocycles. The lowest BCUT2D eigenvalue weighted by Gasteiger charge is -2.36. The van der Waals surface area contributed by atoms with Crippen LogP contribution in [0.15, 0.2) is 67.3 Å². The van der Waals surface area contributed by atoms with E-state index in [1.165, 1.54) is 18.6 Å². The fraction of sp³-hybridized carbons (Fsp3) is 0.300. The molecule has 4 aromatic rings. The first-order valence-electron chi connectivity index (χ1n) is 13.2. The quantitative estimate of drug-likeness (QED) is 0.256. The van der Waals surface area contributed by atoms with Crippen LogP contribution in [0.25, 0.3) is 11.1 Å². The maximum Gasteiger partial charge on any atom is 0.281 e. The molecule has 1 unspecified atom stereocenters. The van der Waals surface area contributed by atoms with Gasteiger partial charge in [-0.1, -0.05) is 41.4 Å². The van der Waals surface area contributed by atoms with Gasteiger partial charge in [-0.15, -0.1) is 0 Å². The van der Waals surface area contributed by atoms with Crippen molar-refractivity contribution in [3.8, 4) is 11.1 Å². The third-order valence-electron chi connectivity index (χ3n) is 7.55. The Morgan fingerprint density at radius 3 is 2.39 bits per heavy atom. The van der Waals surface area contributed by atoms with Gasteiger partial charge in [-0.3, -0.25) is 14.6 Å². The predicted octanol–water partition coefficient (Wildman–Crippen LogP) is 5.25. The van der Waals surface area contributed by atoms with Crippen LogP contribution in [0.4, 0.5) is 4.39 Å². The summed E-state index contributed by atoms with van der Waals surface area (Å²) >= 11 is 12.2. The van der Waals surface area contributed by atoms with Crippen molar-refractivity contribution in [2.75, 3.05) is 6.61 Å².